The van der Waals surface area contributed by atoms with Gasteiger partial charge in [-0.25, -0.2) is 9.78 Å². The van der Waals surface area contributed by atoms with Gasteiger partial charge in [-0.2, -0.15) is 0 Å². The van der Waals surface area contributed by atoms with Gasteiger partial charge in [0, 0.05) is 25.8 Å². The number of nitrogens with zero attached hydrogens (tertiary/aromatic N) is 5. The van der Waals surface area contributed by atoms with Crippen molar-refractivity contribution in [2.24, 2.45) is 0 Å². The molecule has 2 aromatic rings. The van der Waals surface area contributed by atoms with Crippen molar-refractivity contribution in [2.45, 2.75) is 25.4 Å². The fourth-order valence-electron chi connectivity index (χ4n) is 4.31. The Morgan fingerprint density at radius 3 is 3.04 bits per heavy atom. The molecular weight excluding hydrogens is 356 g/mol. The van der Waals surface area contributed by atoms with Crippen LogP contribution in [0.3, 0.4) is 0 Å². The molecule has 2 saturated heterocycles. The predicted octanol–water partition coefficient (Wildman–Crippen LogP) is 2.33. The van der Waals surface area contributed by atoms with Crippen LogP contribution in [0.5, 0.6) is 0 Å². The molecule has 5 rings (SSSR count). The second-order valence-electron chi connectivity index (χ2n) is 7.56. The van der Waals surface area contributed by atoms with E-state index >= 15 is 0 Å². The molecule has 2 aromatic heterocycles. The van der Waals surface area contributed by atoms with Crippen molar-refractivity contribution in [2.75, 3.05) is 52.9 Å². The van der Waals surface area contributed by atoms with Gasteiger partial charge in [0.2, 0.25) is 0 Å². The van der Waals surface area contributed by atoms with E-state index in [1.165, 1.54) is 0 Å². The largest absolute Gasteiger partial charge is 0.377 e. The van der Waals surface area contributed by atoms with E-state index in [9.17, 15) is 4.79 Å². The summed E-state index contributed by atoms with van der Waals surface area (Å²) in [5, 5.41) is 2.98. The molecule has 0 spiro atoms. The Morgan fingerprint density at radius 1 is 1.29 bits per heavy atom. The van der Waals surface area contributed by atoms with Crippen molar-refractivity contribution in [3.63, 3.8) is 0 Å². The lowest BCUT2D eigenvalue weighted by atomic mass is 10.1. The molecule has 1 N–H and O–H groups in total. The number of hydrogen-bond acceptors (Lipinski definition) is 6. The van der Waals surface area contributed by atoms with Gasteiger partial charge in [-0.15, -0.1) is 0 Å². The number of morpholine rings is 1. The summed E-state index contributed by atoms with van der Waals surface area (Å²) in [6, 6.07) is 8.07. The minimum Gasteiger partial charge on any atom is -0.377 e. The van der Waals surface area contributed by atoms with E-state index in [-0.39, 0.29) is 18.1 Å². The molecule has 146 valence electrons. The van der Waals surface area contributed by atoms with Gasteiger partial charge in [0.05, 0.1) is 42.9 Å². The molecular formula is C20H24N6O2. The maximum Gasteiger partial charge on any atom is 0.327 e. The van der Waals surface area contributed by atoms with Crippen LogP contribution in [0.4, 0.5) is 27.8 Å². The van der Waals surface area contributed by atoms with Crippen molar-refractivity contribution >= 4 is 29.0 Å². The molecule has 0 aromatic carbocycles. The third-order valence-electron chi connectivity index (χ3n) is 5.73. The zero-order valence-corrected chi connectivity index (χ0v) is 15.9. The number of aromatic nitrogens is 2. The summed E-state index contributed by atoms with van der Waals surface area (Å²) >= 11 is 0. The molecule has 3 aliphatic heterocycles. The lowest BCUT2D eigenvalue weighted by molar-refractivity contribution is 0.0985. The van der Waals surface area contributed by atoms with Crippen LogP contribution in [0.1, 0.15) is 13.3 Å². The molecule has 0 aliphatic carbocycles. The average molecular weight is 380 g/mol. The van der Waals surface area contributed by atoms with Crippen molar-refractivity contribution < 1.29 is 9.53 Å². The highest BCUT2D eigenvalue weighted by Gasteiger charge is 2.40. The molecule has 2 bridgehead atoms. The highest BCUT2D eigenvalue weighted by atomic mass is 16.5. The number of rotatable bonds is 2. The van der Waals surface area contributed by atoms with E-state index in [1.807, 2.05) is 17.0 Å². The number of anilines is 4. The first-order chi connectivity index (χ1) is 13.7. The van der Waals surface area contributed by atoms with Crippen molar-refractivity contribution in [1.29, 1.82) is 0 Å². The highest BCUT2D eigenvalue weighted by Crippen LogP contribution is 2.40. The van der Waals surface area contributed by atoms with Gasteiger partial charge >= 0.3 is 6.03 Å². The summed E-state index contributed by atoms with van der Waals surface area (Å²) < 4.78 is 5.56. The lowest BCUT2D eigenvalue weighted by Crippen LogP contribution is -2.49. The van der Waals surface area contributed by atoms with E-state index in [0.29, 0.717) is 18.9 Å². The van der Waals surface area contributed by atoms with E-state index in [4.69, 9.17) is 9.72 Å². The topological polar surface area (TPSA) is 73.8 Å². The van der Waals surface area contributed by atoms with E-state index in [2.05, 4.69) is 39.2 Å². The van der Waals surface area contributed by atoms with Gasteiger partial charge in [0.1, 0.15) is 5.82 Å². The second-order valence-corrected chi connectivity index (χ2v) is 7.56. The summed E-state index contributed by atoms with van der Waals surface area (Å²) in [7, 11) is 0. The number of carbonyl (C=O) groups excluding carboxylic acids is 1. The third kappa shape index (κ3) is 2.93. The number of nitrogens with one attached hydrogen (secondary N) is 1. The maximum atomic E-state index is 13.2. The standard InChI is InChI=1S/C20H24N6O2/c1-14-13-28-10-9-25(14)18-5-4-17-19(23-18)26(16-6-8-24(17)12-16)20(27)22-15-3-2-7-21-11-15/h2-5,7,11,14,16H,6,8-10,12-13H2,1H3,(H,22,27)/t14-,16+/m1/s1. The second kappa shape index (κ2) is 6.94. The number of ether oxygens (including phenoxy) is 1. The van der Waals surface area contributed by atoms with E-state index < -0.39 is 0 Å². The number of fused-ring (bicyclic) bond motifs is 4. The van der Waals surface area contributed by atoms with Crippen LogP contribution in [0.2, 0.25) is 0 Å². The summed E-state index contributed by atoms with van der Waals surface area (Å²) in [5.74, 6) is 1.64. The highest BCUT2D eigenvalue weighted by molar-refractivity contribution is 6.04. The number of urea groups is 1. The van der Waals surface area contributed by atoms with Gasteiger partial charge in [-0.3, -0.25) is 9.88 Å². The number of hydrogen-bond donors (Lipinski definition) is 1. The minimum atomic E-state index is -0.152. The Hall–Kier alpha value is -2.87. The van der Waals surface area contributed by atoms with E-state index in [1.54, 1.807) is 12.4 Å². The van der Waals surface area contributed by atoms with Crippen molar-refractivity contribution in [3.8, 4) is 0 Å². The number of pyridine rings is 2. The molecule has 5 heterocycles. The lowest BCUT2D eigenvalue weighted by Gasteiger charge is -2.38. The first-order valence-electron chi connectivity index (χ1n) is 9.81. The van der Waals surface area contributed by atoms with Crippen molar-refractivity contribution in [1.82, 2.24) is 9.97 Å². The predicted molar refractivity (Wildman–Crippen MR) is 108 cm³/mol. The van der Waals surface area contributed by atoms with Gasteiger partial charge in [0.15, 0.2) is 5.82 Å². The SMILES string of the molecule is C[C@@H]1COCCN1c1ccc2c(n1)N(C(=O)Nc1cccnc1)[C@H]1CCN2C1. The summed E-state index contributed by atoms with van der Waals surface area (Å²) in [6.07, 6.45) is 4.29. The Balaban J connectivity index is 1.49. The maximum absolute atomic E-state index is 13.2. The van der Waals surface area contributed by atoms with Crippen molar-refractivity contribution in [3.05, 3.63) is 36.7 Å². The zero-order valence-electron chi connectivity index (χ0n) is 15.9. The van der Waals surface area contributed by atoms with Crippen LogP contribution in [0.15, 0.2) is 36.7 Å². The Labute approximate surface area is 164 Å². The Kier molecular flexibility index (Phi) is 4.27. The first kappa shape index (κ1) is 17.2. The summed E-state index contributed by atoms with van der Waals surface area (Å²) in [6.45, 7) is 6.13. The molecule has 0 unspecified atom stereocenters. The molecule has 28 heavy (non-hydrogen) atoms. The van der Waals surface area contributed by atoms with Gasteiger partial charge in [-0.05, 0) is 37.6 Å². The Morgan fingerprint density at radius 2 is 2.21 bits per heavy atom. The van der Waals surface area contributed by atoms with Crippen LogP contribution < -0.4 is 20.0 Å². The quantitative estimate of drug-likeness (QED) is 0.862. The number of carbonyl (C=O) groups is 1. The fraction of sp³-hybridized carbons (Fsp3) is 0.450. The van der Waals surface area contributed by atoms with Crippen LogP contribution in [0, 0.1) is 0 Å². The molecule has 0 radical (unpaired) electrons. The van der Waals surface area contributed by atoms with Crippen LogP contribution >= 0.6 is 0 Å². The molecule has 2 amide bonds. The molecule has 2 fully saturated rings. The molecule has 2 atom stereocenters. The van der Waals surface area contributed by atoms with Gasteiger partial charge in [0.25, 0.3) is 0 Å². The first-order valence-corrected chi connectivity index (χ1v) is 9.81. The average Bonchev–Trinajstić information content (AvgIpc) is 3.13. The van der Waals surface area contributed by atoms with Crippen LogP contribution in [-0.4, -0.2) is 60.9 Å². The zero-order chi connectivity index (χ0) is 19.1. The van der Waals surface area contributed by atoms with Crippen LogP contribution in [0.25, 0.3) is 0 Å². The van der Waals surface area contributed by atoms with Gasteiger partial charge in [-0.1, -0.05) is 0 Å². The van der Waals surface area contributed by atoms with Gasteiger partial charge < -0.3 is 19.9 Å². The smallest absolute Gasteiger partial charge is 0.327 e. The molecule has 8 nitrogen and oxygen atoms in total. The van der Waals surface area contributed by atoms with Crippen LogP contribution in [-0.2, 0) is 4.74 Å². The minimum absolute atomic E-state index is 0.133. The monoisotopic (exact) mass is 380 g/mol. The third-order valence-corrected chi connectivity index (χ3v) is 5.73. The molecule has 8 heteroatoms. The normalized spacial score (nSPS) is 23.5. The fourth-order valence-corrected chi connectivity index (χ4v) is 4.31. The summed E-state index contributed by atoms with van der Waals surface area (Å²) in [4.78, 5) is 28.6. The number of amides is 2. The molecule has 0 saturated carbocycles. The summed E-state index contributed by atoms with van der Waals surface area (Å²) in [5.41, 5.74) is 1.71. The molecule has 3 aliphatic rings. The van der Waals surface area contributed by atoms with E-state index in [0.717, 1.165) is 43.4 Å². The Bertz CT molecular complexity index is 876.